The average molecular weight is 467 g/mol. The number of benzene rings is 2. The fourth-order valence-corrected chi connectivity index (χ4v) is 5.16. The van der Waals surface area contributed by atoms with Crippen LogP contribution in [0.25, 0.3) is 11.3 Å². The number of nitrogens with zero attached hydrogens (tertiary/aromatic N) is 4. The van der Waals surface area contributed by atoms with E-state index in [9.17, 15) is 10.1 Å². The van der Waals surface area contributed by atoms with Gasteiger partial charge in [-0.15, -0.1) is 22.7 Å². The summed E-state index contributed by atoms with van der Waals surface area (Å²) in [6.07, 6.45) is 0.772. The number of anilines is 1. The second-order valence-corrected chi connectivity index (χ2v) is 9.18. The summed E-state index contributed by atoms with van der Waals surface area (Å²) in [6.45, 7) is 0. The molecule has 0 bridgehead atoms. The zero-order chi connectivity index (χ0) is 21.4. The number of non-ortho nitro benzene ring substituents is 1. The molecule has 4 aromatic rings. The van der Waals surface area contributed by atoms with Crippen LogP contribution in [0.1, 0.15) is 22.9 Å². The average Bonchev–Trinajstić information content (AvgIpc) is 3.54. The van der Waals surface area contributed by atoms with E-state index >= 15 is 0 Å². The summed E-state index contributed by atoms with van der Waals surface area (Å²) in [5.41, 5.74) is 3.81. The molecule has 1 atom stereocenters. The minimum Gasteiger partial charge on any atom is -0.258 e. The third-order valence-electron chi connectivity index (χ3n) is 5.03. The lowest BCUT2D eigenvalue weighted by atomic mass is 10.0. The molecule has 3 heterocycles. The predicted molar refractivity (Wildman–Crippen MR) is 126 cm³/mol. The zero-order valence-corrected chi connectivity index (χ0v) is 18.4. The van der Waals surface area contributed by atoms with Gasteiger partial charge in [-0.3, -0.25) is 10.1 Å². The maximum Gasteiger partial charge on any atom is 0.269 e. The maximum atomic E-state index is 10.9. The third kappa shape index (κ3) is 3.97. The van der Waals surface area contributed by atoms with Crippen LogP contribution in [0, 0.1) is 10.1 Å². The molecule has 0 saturated heterocycles. The van der Waals surface area contributed by atoms with Crippen LogP contribution in [0.2, 0.25) is 5.02 Å². The van der Waals surface area contributed by atoms with Crippen molar-refractivity contribution in [2.24, 2.45) is 5.10 Å². The van der Waals surface area contributed by atoms with Gasteiger partial charge in [0.1, 0.15) is 0 Å². The number of rotatable bonds is 5. The van der Waals surface area contributed by atoms with Crippen molar-refractivity contribution in [3.8, 4) is 11.3 Å². The van der Waals surface area contributed by atoms with Crippen LogP contribution in [0.15, 0.2) is 76.5 Å². The van der Waals surface area contributed by atoms with Crippen LogP contribution < -0.4 is 5.01 Å². The fraction of sp³-hybridized carbons (Fsp3) is 0.0909. The summed E-state index contributed by atoms with van der Waals surface area (Å²) >= 11 is 9.27. The highest BCUT2D eigenvalue weighted by molar-refractivity contribution is 7.14. The van der Waals surface area contributed by atoms with Crippen molar-refractivity contribution in [3.63, 3.8) is 0 Å². The number of aromatic nitrogens is 1. The molecule has 0 spiro atoms. The highest BCUT2D eigenvalue weighted by atomic mass is 35.5. The van der Waals surface area contributed by atoms with Gasteiger partial charge >= 0.3 is 0 Å². The number of halogens is 1. The molecule has 0 fully saturated rings. The minimum atomic E-state index is -0.405. The number of thiophene rings is 1. The van der Waals surface area contributed by atoms with E-state index in [1.807, 2.05) is 46.1 Å². The van der Waals surface area contributed by atoms with Gasteiger partial charge in [0.05, 0.1) is 27.2 Å². The van der Waals surface area contributed by atoms with Crippen molar-refractivity contribution >= 4 is 50.8 Å². The largest absolute Gasteiger partial charge is 0.269 e. The monoisotopic (exact) mass is 466 g/mol. The van der Waals surface area contributed by atoms with Gasteiger partial charge in [-0.05, 0) is 41.3 Å². The predicted octanol–water partition coefficient (Wildman–Crippen LogP) is 6.79. The fourth-order valence-electron chi connectivity index (χ4n) is 3.48. The number of hydrogen-bond acceptors (Lipinski definition) is 7. The van der Waals surface area contributed by atoms with Crippen LogP contribution in [0.5, 0.6) is 0 Å². The first-order valence-corrected chi connectivity index (χ1v) is 11.6. The third-order valence-corrected chi connectivity index (χ3v) is 7.03. The number of nitro benzene ring substituents is 1. The summed E-state index contributed by atoms with van der Waals surface area (Å²) in [5, 5.41) is 23.3. The Morgan fingerprint density at radius 2 is 1.84 bits per heavy atom. The highest BCUT2D eigenvalue weighted by Gasteiger charge is 2.32. The van der Waals surface area contributed by atoms with E-state index in [0.29, 0.717) is 5.02 Å². The van der Waals surface area contributed by atoms with Crippen LogP contribution in [-0.2, 0) is 0 Å². The molecule has 2 aromatic carbocycles. The first kappa shape index (κ1) is 19.9. The lowest BCUT2D eigenvalue weighted by Gasteiger charge is -2.21. The Balaban J connectivity index is 1.49. The Morgan fingerprint density at radius 1 is 1.06 bits per heavy atom. The topological polar surface area (TPSA) is 71.6 Å². The SMILES string of the molecule is O=[N+]([O-])c1ccc(-c2csc(N3N=C(c4cccs4)C[C@H]3c3ccc(Cl)cc3)n2)cc1. The highest BCUT2D eigenvalue weighted by Crippen LogP contribution is 2.40. The molecular weight excluding hydrogens is 452 g/mol. The van der Waals surface area contributed by atoms with Gasteiger partial charge in [0, 0.05) is 34.5 Å². The van der Waals surface area contributed by atoms with Crippen molar-refractivity contribution in [1.29, 1.82) is 0 Å². The second-order valence-electron chi connectivity index (χ2n) is 6.96. The molecule has 0 N–H and O–H groups in total. The first-order chi connectivity index (χ1) is 15.1. The summed E-state index contributed by atoms with van der Waals surface area (Å²) < 4.78 is 0. The van der Waals surface area contributed by atoms with Crippen molar-refractivity contribution in [3.05, 3.63) is 97.0 Å². The zero-order valence-electron chi connectivity index (χ0n) is 16.0. The lowest BCUT2D eigenvalue weighted by molar-refractivity contribution is -0.384. The molecule has 0 amide bonds. The van der Waals surface area contributed by atoms with Crippen molar-refractivity contribution in [1.82, 2.24) is 4.98 Å². The number of nitro groups is 1. The van der Waals surface area contributed by atoms with Gasteiger partial charge in [0.25, 0.3) is 5.69 Å². The van der Waals surface area contributed by atoms with Crippen LogP contribution in [0.3, 0.4) is 0 Å². The quantitative estimate of drug-likeness (QED) is 0.240. The molecule has 5 rings (SSSR count). The molecule has 0 saturated carbocycles. The number of thiazole rings is 1. The summed E-state index contributed by atoms with van der Waals surface area (Å²) in [5.74, 6) is 0. The van der Waals surface area contributed by atoms with Crippen molar-refractivity contribution < 1.29 is 4.92 Å². The molecule has 0 aliphatic carbocycles. The molecule has 1 aliphatic rings. The van der Waals surface area contributed by atoms with Crippen LogP contribution in [0.4, 0.5) is 10.8 Å². The first-order valence-electron chi connectivity index (χ1n) is 9.45. The van der Waals surface area contributed by atoms with Crippen molar-refractivity contribution in [2.75, 3.05) is 5.01 Å². The molecule has 31 heavy (non-hydrogen) atoms. The lowest BCUT2D eigenvalue weighted by Crippen LogP contribution is -2.18. The van der Waals surface area contributed by atoms with E-state index < -0.39 is 4.92 Å². The second kappa shape index (κ2) is 8.22. The Labute approximate surface area is 191 Å². The molecule has 0 unspecified atom stereocenters. The van der Waals surface area contributed by atoms with Gasteiger partial charge in [0.15, 0.2) is 0 Å². The van der Waals surface area contributed by atoms with Crippen LogP contribution >= 0.6 is 34.3 Å². The minimum absolute atomic E-state index is 0.0187. The number of hydrazone groups is 1. The Morgan fingerprint density at radius 3 is 2.52 bits per heavy atom. The summed E-state index contributed by atoms with van der Waals surface area (Å²) in [7, 11) is 0. The molecular formula is C22H15ClN4O2S2. The van der Waals surface area contributed by atoms with Gasteiger partial charge in [-0.1, -0.05) is 29.8 Å². The molecule has 1 aliphatic heterocycles. The standard InChI is InChI=1S/C22H15ClN4O2S2/c23-16-7-3-15(4-8-16)20-12-18(21-2-1-11-30-21)25-26(20)22-24-19(13-31-22)14-5-9-17(10-6-14)27(28)29/h1-11,13,20H,12H2/t20-/m0/s1. The van der Waals surface area contributed by atoms with Gasteiger partial charge in [0.2, 0.25) is 5.13 Å². The molecule has 154 valence electrons. The van der Waals surface area contributed by atoms with E-state index in [-0.39, 0.29) is 11.7 Å². The van der Waals surface area contributed by atoms with E-state index in [1.165, 1.54) is 23.5 Å². The summed E-state index contributed by atoms with van der Waals surface area (Å²) in [6, 6.07) is 18.4. The molecule has 2 aromatic heterocycles. The van der Waals surface area contributed by atoms with Crippen molar-refractivity contribution in [2.45, 2.75) is 12.5 Å². The molecule has 9 heteroatoms. The molecule has 6 nitrogen and oxygen atoms in total. The molecule has 0 radical (unpaired) electrons. The maximum absolute atomic E-state index is 10.9. The number of hydrogen-bond donors (Lipinski definition) is 0. The van der Waals surface area contributed by atoms with Gasteiger partial charge < -0.3 is 0 Å². The van der Waals surface area contributed by atoms with E-state index in [4.69, 9.17) is 21.7 Å². The Bertz CT molecular complexity index is 1250. The van der Waals surface area contributed by atoms with E-state index in [1.54, 1.807) is 23.5 Å². The van der Waals surface area contributed by atoms with Gasteiger partial charge in [-0.25, -0.2) is 9.99 Å². The smallest absolute Gasteiger partial charge is 0.258 e. The Kier molecular flexibility index (Phi) is 5.27. The summed E-state index contributed by atoms with van der Waals surface area (Å²) in [4.78, 5) is 16.4. The van der Waals surface area contributed by atoms with Crippen LogP contribution in [-0.4, -0.2) is 15.6 Å². The van der Waals surface area contributed by atoms with E-state index in [0.717, 1.165) is 39.0 Å². The van der Waals surface area contributed by atoms with E-state index in [2.05, 4.69) is 6.07 Å². The normalized spacial score (nSPS) is 15.8. The Hall–Kier alpha value is -3.07. The van der Waals surface area contributed by atoms with Gasteiger partial charge in [-0.2, -0.15) is 5.10 Å².